The van der Waals surface area contributed by atoms with Gasteiger partial charge in [-0.3, -0.25) is 4.90 Å². The number of ether oxygens (including phenoxy) is 1. The lowest BCUT2D eigenvalue weighted by atomic mass is 9.96. The second-order valence-electron chi connectivity index (χ2n) is 4.18. The van der Waals surface area contributed by atoms with Gasteiger partial charge in [0, 0.05) is 12.3 Å². The Kier molecular flexibility index (Phi) is 3.44. The highest BCUT2D eigenvalue weighted by Gasteiger charge is 2.28. The third kappa shape index (κ3) is 2.29. The van der Waals surface area contributed by atoms with Crippen LogP contribution in [-0.2, 0) is 4.74 Å². The molecule has 2 rings (SSSR count). The highest BCUT2D eigenvalue weighted by molar-refractivity contribution is 5.04. The van der Waals surface area contributed by atoms with E-state index in [1.54, 1.807) is 0 Å². The predicted octanol–water partition coefficient (Wildman–Crippen LogP) is 1.51. The summed E-state index contributed by atoms with van der Waals surface area (Å²) < 4.78 is 5.21. The van der Waals surface area contributed by atoms with E-state index < -0.39 is 0 Å². The SMILES string of the molecule is CCC#CC1CCN(C2COC2)CC1. The van der Waals surface area contributed by atoms with E-state index in [1.165, 1.54) is 25.9 Å². The van der Waals surface area contributed by atoms with Crippen LogP contribution in [0.3, 0.4) is 0 Å². The second kappa shape index (κ2) is 4.82. The first-order valence-corrected chi connectivity index (χ1v) is 5.70. The van der Waals surface area contributed by atoms with Gasteiger partial charge in [-0.1, -0.05) is 12.8 Å². The molecule has 0 unspecified atom stereocenters. The molecule has 0 aromatic carbocycles. The van der Waals surface area contributed by atoms with Crippen LogP contribution in [0, 0.1) is 17.8 Å². The molecule has 2 saturated heterocycles. The number of hydrogen-bond acceptors (Lipinski definition) is 2. The van der Waals surface area contributed by atoms with Gasteiger partial charge < -0.3 is 4.74 Å². The van der Waals surface area contributed by atoms with Crippen LogP contribution in [0.25, 0.3) is 0 Å². The Morgan fingerprint density at radius 2 is 2.00 bits per heavy atom. The van der Waals surface area contributed by atoms with Crippen LogP contribution in [0.2, 0.25) is 0 Å². The van der Waals surface area contributed by atoms with Crippen molar-refractivity contribution in [1.29, 1.82) is 0 Å². The molecule has 2 aliphatic heterocycles. The molecule has 0 bridgehead atoms. The van der Waals surface area contributed by atoms with Crippen LogP contribution >= 0.6 is 0 Å². The van der Waals surface area contributed by atoms with E-state index in [1.807, 2.05) is 0 Å². The van der Waals surface area contributed by atoms with Crippen molar-refractivity contribution in [3.05, 3.63) is 0 Å². The average molecular weight is 193 g/mol. The molecule has 14 heavy (non-hydrogen) atoms. The summed E-state index contributed by atoms with van der Waals surface area (Å²) in [5.41, 5.74) is 0. The first-order chi connectivity index (χ1) is 6.90. The van der Waals surface area contributed by atoms with Crippen molar-refractivity contribution in [1.82, 2.24) is 4.90 Å². The van der Waals surface area contributed by atoms with Crippen molar-refractivity contribution in [2.45, 2.75) is 32.2 Å². The van der Waals surface area contributed by atoms with Gasteiger partial charge >= 0.3 is 0 Å². The molecule has 78 valence electrons. The Bertz CT molecular complexity index is 228. The highest BCUT2D eigenvalue weighted by Crippen LogP contribution is 2.21. The van der Waals surface area contributed by atoms with E-state index in [-0.39, 0.29) is 0 Å². The van der Waals surface area contributed by atoms with E-state index in [0.717, 1.165) is 25.7 Å². The molecule has 0 spiro atoms. The number of nitrogens with zero attached hydrogens (tertiary/aromatic N) is 1. The monoisotopic (exact) mass is 193 g/mol. The summed E-state index contributed by atoms with van der Waals surface area (Å²) in [5, 5.41) is 0. The molecule has 2 nitrogen and oxygen atoms in total. The van der Waals surface area contributed by atoms with Gasteiger partial charge in [-0.15, -0.1) is 5.92 Å². The first kappa shape index (κ1) is 10.0. The molecular formula is C12H19NO. The lowest BCUT2D eigenvalue weighted by Crippen LogP contribution is -2.51. The minimum absolute atomic E-state index is 0.659. The molecule has 2 aliphatic rings. The van der Waals surface area contributed by atoms with Gasteiger partial charge in [0.1, 0.15) is 0 Å². The smallest absolute Gasteiger partial charge is 0.0645 e. The molecule has 0 aliphatic carbocycles. The Morgan fingerprint density at radius 3 is 2.50 bits per heavy atom. The molecule has 2 heteroatoms. The van der Waals surface area contributed by atoms with Crippen molar-refractivity contribution in [3.63, 3.8) is 0 Å². The fourth-order valence-corrected chi connectivity index (χ4v) is 2.09. The van der Waals surface area contributed by atoms with E-state index in [4.69, 9.17) is 4.74 Å². The highest BCUT2D eigenvalue weighted by atomic mass is 16.5. The van der Waals surface area contributed by atoms with Gasteiger partial charge in [-0.2, -0.15) is 0 Å². The van der Waals surface area contributed by atoms with Gasteiger partial charge in [0.15, 0.2) is 0 Å². The van der Waals surface area contributed by atoms with Crippen molar-refractivity contribution in [2.75, 3.05) is 26.3 Å². The van der Waals surface area contributed by atoms with Crippen LogP contribution in [0.15, 0.2) is 0 Å². The number of likely N-dealkylation sites (tertiary alicyclic amines) is 1. The Morgan fingerprint density at radius 1 is 1.29 bits per heavy atom. The van der Waals surface area contributed by atoms with Crippen molar-refractivity contribution >= 4 is 0 Å². The van der Waals surface area contributed by atoms with Crippen molar-refractivity contribution in [3.8, 4) is 11.8 Å². The summed E-state index contributed by atoms with van der Waals surface area (Å²) in [4.78, 5) is 2.56. The second-order valence-corrected chi connectivity index (χ2v) is 4.18. The van der Waals surface area contributed by atoms with E-state index in [2.05, 4.69) is 23.7 Å². The molecule has 2 fully saturated rings. The van der Waals surface area contributed by atoms with E-state index in [0.29, 0.717) is 5.92 Å². The Balaban J connectivity index is 1.74. The molecular weight excluding hydrogens is 174 g/mol. The zero-order valence-corrected chi connectivity index (χ0v) is 8.96. The molecule has 0 amide bonds. The summed E-state index contributed by atoms with van der Waals surface area (Å²) in [5.74, 6) is 7.22. The molecule has 0 radical (unpaired) electrons. The predicted molar refractivity (Wildman–Crippen MR) is 57.0 cm³/mol. The van der Waals surface area contributed by atoms with Crippen LogP contribution < -0.4 is 0 Å². The van der Waals surface area contributed by atoms with Crippen molar-refractivity contribution in [2.24, 2.45) is 5.92 Å². The summed E-state index contributed by atoms with van der Waals surface area (Å²) in [7, 11) is 0. The van der Waals surface area contributed by atoms with Crippen LogP contribution in [0.1, 0.15) is 26.2 Å². The summed E-state index contributed by atoms with van der Waals surface area (Å²) in [6.07, 6.45) is 3.50. The number of hydrogen-bond donors (Lipinski definition) is 0. The first-order valence-electron chi connectivity index (χ1n) is 5.70. The van der Waals surface area contributed by atoms with E-state index >= 15 is 0 Å². The summed E-state index contributed by atoms with van der Waals surface area (Å²) in [6.45, 7) is 6.46. The molecule has 0 saturated carbocycles. The van der Waals surface area contributed by atoms with Crippen molar-refractivity contribution < 1.29 is 4.74 Å². The standard InChI is InChI=1S/C12H19NO/c1-2-3-4-11-5-7-13(8-6-11)12-9-14-10-12/h11-12H,2,5-10H2,1H3. The Labute approximate surface area is 86.6 Å². The zero-order valence-electron chi connectivity index (χ0n) is 8.96. The van der Waals surface area contributed by atoms with E-state index in [9.17, 15) is 0 Å². The topological polar surface area (TPSA) is 12.5 Å². The van der Waals surface area contributed by atoms with Gasteiger partial charge in [0.2, 0.25) is 0 Å². The van der Waals surface area contributed by atoms with Gasteiger partial charge in [-0.25, -0.2) is 0 Å². The maximum absolute atomic E-state index is 5.21. The summed E-state index contributed by atoms with van der Waals surface area (Å²) in [6, 6.07) is 0.718. The summed E-state index contributed by atoms with van der Waals surface area (Å²) >= 11 is 0. The maximum atomic E-state index is 5.21. The van der Waals surface area contributed by atoms with Gasteiger partial charge in [0.25, 0.3) is 0 Å². The lowest BCUT2D eigenvalue weighted by Gasteiger charge is -2.40. The fourth-order valence-electron chi connectivity index (χ4n) is 2.09. The number of piperidine rings is 1. The van der Waals surface area contributed by atoms with Crippen LogP contribution in [-0.4, -0.2) is 37.2 Å². The minimum atomic E-state index is 0.659. The lowest BCUT2D eigenvalue weighted by molar-refractivity contribution is -0.0719. The van der Waals surface area contributed by atoms with Gasteiger partial charge in [-0.05, 0) is 25.9 Å². The fraction of sp³-hybridized carbons (Fsp3) is 0.833. The van der Waals surface area contributed by atoms with Gasteiger partial charge in [0.05, 0.1) is 19.3 Å². The quantitative estimate of drug-likeness (QED) is 0.585. The Hall–Kier alpha value is -0.520. The normalized spacial score (nSPS) is 25.2. The molecule has 0 N–H and O–H groups in total. The molecule has 2 heterocycles. The van der Waals surface area contributed by atoms with Crippen LogP contribution in [0.5, 0.6) is 0 Å². The molecule has 0 aromatic rings. The molecule has 0 atom stereocenters. The maximum Gasteiger partial charge on any atom is 0.0645 e. The zero-order chi connectivity index (χ0) is 9.80. The van der Waals surface area contributed by atoms with Crippen LogP contribution in [0.4, 0.5) is 0 Å². The average Bonchev–Trinajstić information content (AvgIpc) is 2.14. The minimum Gasteiger partial charge on any atom is -0.378 e. The largest absolute Gasteiger partial charge is 0.378 e. The molecule has 0 aromatic heterocycles. The third-order valence-electron chi connectivity index (χ3n) is 3.15. The number of rotatable bonds is 1. The third-order valence-corrected chi connectivity index (χ3v) is 3.15.